The van der Waals surface area contributed by atoms with Gasteiger partial charge < -0.3 is 10.2 Å². The largest absolute Gasteiger partial charge is 0.345 e. The lowest BCUT2D eigenvalue weighted by Crippen LogP contribution is -2.50. The van der Waals surface area contributed by atoms with Gasteiger partial charge in [-0.3, -0.25) is 14.3 Å². The summed E-state index contributed by atoms with van der Waals surface area (Å²) >= 11 is 1.70. The molecule has 1 aliphatic rings. The standard InChI is InChI=1S/C17H28N4O2S/c1-14(22)19-16(7-13-24-2)17(23)20-10-4-15(5-11-20)6-12-21-9-3-8-18-21/h3,8-9,15-16H,4-7,10-13H2,1-2H3,(H,19,22). The first-order chi connectivity index (χ1) is 11.6. The van der Waals surface area contributed by atoms with E-state index in [4.69, 9.17) is 0 Å². The molecule has 1 atom stereocenters. The Morgan fingerprint density at radius 3 is 2.71 bits per heavy atom. The number of hydrogen-bond donors (Lipinski definition) is 1. The minimum Gasteiger partial charge on any atom is -0.345 e. The summed E-state index contributed by atoms with van der Waals surface area (Å²) in [5.74, 6) is 1.45. The lowest BCUT2D eigenvalue weighted by Gasteiger charge is -2.34. The number of aromatic nitrogens is 2. The SMILES string of the molecule is CSCCC(NC(C)=O)C(=O)N1CCC(CCn2cccn2)CC1. The Bertz CT molecular complexity index is 513. The number of hydrogen-bond acceptors (Lipinski definition) is 4. The number of nitrogens with one attached hydrogen (secondary N) is 1. The lowest BCUT2D eigenvalue weighted by molar-refractivity contribution is -0.137. The molecule has 2 rings (SSSR count). The maximum atomic E-state index is 12.7. The second-order valence-electron chi connectivity index (χ2n) is 6.36. The number of likely N-dealkylation sites (tertiary alicyclic amines) is 1. The maximum Gasteiger partial charge on any atom is 0.245 e. The van der Waals surface area contributed by atoms with Crippen molar-refractivity contribution in [1.82, 2.24) is 20.0 Å². The van der Waals surface area contributed by atoms with E-state index in [-0.39, 0.29) is 17.9 Å². The molecule has 134 valence electrons. The van der Waals surface area contributed by atoms with E-state index in [0.29, 0.717) is 12.3 Å². The third kappa shape index (κ3) is 5.85. The highest BCUT2D eigenvalue weighted by Gasteiger charge is 2.28. The van der Waals surface area contributed by atoms with Gasteiger partial charge in [0.1, 0.15) is 6.04 Å². The third-order valence-corrected chi connectivity index (χ3v) is 5.18. The van der Waals surface area contributed by atoms with E-state index in [1.807, 2.05) is 28.1 Å². The molecule has 0 aliphatic carbocycles. The van der Waals surface area contributed by atoms with E-state index in [0.717, 1.165) is 44.6 Å². The van der Waals surface area contributed by atoms with Crippen LogP contribution in [0.4, 0.5) is 0 Å². The van der Waals surface area contributed by atoms with Gasteiger partial charge in [0.15, 0.2) is 0 Å². The summed E-state index contributed by atoms with van der Waals surface area (Å²) in [6, 6.07) is 1.56. The van der Waals surface area contributed by atoms with Crippen molar-refractivity contribution in [3.8, 4) is 0 Å². The van der Waals surface area contributed by atoms with Crippen molar-refractivity contribution in [3.63, 3.8) is 0 Å². The van der Waals surface area contributed by atoms with Gasteiger partial charge in [0.05, 0.1) is 0 Å². The van der Waals surface area contributed by atoms with Crippen molar-refractivity contribution in [2.24, 2.45) is 5.92 Å². The number of carbonyl (C=O) groups excluding carboxylic acids is 2. The molecular formula is C17H28N4O2S. The third-order valence-electron chi connectivity index (χ3n) is 4.54. The van der Waals surface area contributed by atoms with Gasteiger partial charge in [-0.2, -0.15) is 16.9 Å². The Morgan fingerprint density at radius 1 is 1.38 bits per heavy atom. The summed E-state index contributed by atoms with van der Waals surface area (Å²) in [5.41, 5.74) is 0. The molecule has 2 heterocycles. The highest BCUT2D eigenvalue weighted by molar-refractivity contribution is 7.98. The first-order valence-corrected chi connectivity index (χ1v) is 10.0. The van der Waals surface area contributed by atoms with Crippen LogP contribution in [0.1, 0.15) is 32.6 Å². The number of thioether (sulfide) groups is 1. The van der Waals surface area contributed by atoms with E-state index < -0.39 is 0 Å². The van der Waals surface area contributed by atoms with Crippen LogP contribution in [0.15, 0.2) is 18.5 Å². The minimum absolute atomic E-state index is 0.0739. The van der Waals surface area contributed by atoms with Crippen LogP contribution in [0.25, 0.3) is 0 Å². The second-order valence-corrected chi connectivity index (χ2v) is 7.35. The van der Waals surface area contributed by atoms with Crippen LogP contribution in [0.2, 0.25) is 0 Å². The van der Waals surface area contributed by atoms with Crippen molar-refractivity contribution in [2.45, 2.75) is 45.2 Å². The molecule has 0 spiro atoms. The zero-order valence-electron chi connectivity index (χ0n) is 14.6. The van der Waals surface area contributed by atoms with Gasteiger partial charge in [0.25, 0.3) is 0 Å². The van der Waals surface area contributed by atoms with Crippen molar-refractivity contribution in [1.29, 1.82) is 0 Å². The highest BCUT2D eigenvalue weighted by Crippen LogP contribution is 2.22. The molecule has 1 aliphatic heterocycles. The number of piperidine rings is 1. The van der Waals surface area contributed by atoms with Gasteiger partial charge in [-0.1, -0.05) is 0 Å². The first-order valence-electron chi connectivity index (χ1n) is 8.62. The van der Waals surface area contributed by atoms with Gasteiger partial charge in [-0.15, -0.1) is 0 Å². The van der Waals surface area contributed by atoms with Gasteiger partial charge in [-0.05, 0) is 49.7 Å². The number of carbonyl (C=O) groups is 2. The van der Waals surface area contributed by atoms with Crippen LogP contribution in [0.3, 0.4) is 0 Å². The van der Waals surface area contributed by atoms with E-state index >= 15 is 0 Å². The van der Waals surface area contributed by atoms with E-state index in [9.17, 15) is 9.59 Å². The van der Waals surface area contributed by atoms with Crippen molar-refractivity contribution in [3.05, 3.63) is 18.5 Å². The average Bonchev–Trinajstić information content (AvgIpc) is 3.10. The van der Waals surface area contributed by atoms with E-state index in [1.165, 1.54) is 6.92 Å². The quantitative estimate of drug-likeness (QED) is 0.774. The summed E-state index contributed by atoms with van der Waals surface area (Å²) in [7, 11) is 0. The zero-order chi connectivity index (χ0) is 17.4. The summed E-state index contributed by atoms with van der Waals surface area (Å²) in [6.07, 6.45) is 9.66. The molecule has 1 N–H and O–H groups in total. The maximum absolute atomic E-state index is 12.7. The van der Waals surface area contributed by atoms with Crippen LogP contribution in [0, 0.1) is 5.92 Å². The monoisotopic (exact) mass is 352 g/mol. The molecule has 1 fully saturated rings. The number of rotatable bonds is 8. The number of nitrogens with zero attached hydrogens (tertiary/aromatic N) is 3. The fourth-order valence-electron chi connectivity index (χ4n) is 3.15. The molecule has 24 heavy (non-hydrogen) atoms. The van der Waals surface area contributed by atoms with Crippen molar-refractivity contribution in [2.75, 3.05) is 25.1 Å². The van der Waals surface area contributed by atoms with Crippen LogP contribution < -0.4 is 5.32 Å². The molecule has 2 amide bonds. The normalized spacial score (nSPS) is 16.8. The molecule has 0 bridgehead atoms. The predicted molar refractivity (Wildman–Crippen MR) is 96.8 cm³/mol. The molecule has 1 aromatic rings. The first kappa shape index (κ1) is 18.8. The summed E-state index contributed by atoms with van der Waals surface area (Å²) in [5, 5.41) is 7.04. The van der Waals surface area contributed by atoms with Crippen LogP contribution in [-0.4, -0.2) is 57.6 Å². The lowest BCUT2D eigenvalue weighted by atomic mass is 9.93. The zero-order valence-corrected chi connectivity index (χ0v) is 15.4. The predicted octanol–water partition coefficient (Wildman–Crippen LogP) is 1.77. The van der Waals surface area contributed by atoms with Crippen molar-refractivity contribution >= 4 is 23.6 Å². The summed E-state index contributed by atoms with van der Waals surface area (Å²) in [6.45, 7) is 3.99. The molecule has 0 saturated carbocycles. The Balaban J connectivity index is 1.78. The molecule has 1 unspecified atom stereocenters. The van der Waals surface area contributed by atoms with E-state index in [1.54, 1.807) is 18.0 Å². The summed E-state index contributed by atoms with van der Waals surface area (Å²) in [4.78, 5) is 26.0. The Kier molecular flexibility index (Phi) is 7.62. The Labute approximate surface area is 148 Å². The molecule has 0 aromatic carbocycles. The topological polar surface area (TPSA) is 67.2 Å². The molecular weight excluding hydrogens is 324 g/mol. The van der Waals surface area contributed by atoms with Crippen LogP contribution in [0.5, 0.6) is 0 Å². The Morgan fingerprint density at radius 2 is 2.12 bits per heavy atom. The Hall–Kier alpha value is -1.50. The van der Waals surface area contributed by atoms with Gasteiger partial charge in [0.2, 0.25) is 11.8 Å². The second kappa shape index (κ2) is 9.71. The average molecular weight is 353 g/mol. The van der Waals surface area contributed by atoms with Crippen molar-refractivity contribution < 1.29 is 9.59 Å². The number of aryl methyl sites for hydroxylation is 1. The minimum atomic E-state index is -0.379. The molecule has 6 nitrogen and oxygen atoms in total. The summed E-state index contributed by atoms with van der Waals surface area (Å²) < 4.78 is 1.97. The smallest absolute Gasteiger partial charge is 0.245 e. The number of amides is 2. The molecule has 1 aromatic heterocycles. The van der Waals surface area contributed by atoms with E-state index in [2.05, 4.69) is 10.4 Å². The molecule has 0 radical (unpaired) electrons. The van der Waals surface area contributed by atoms with Crippen LogP contribution in [-0.2, 0) is 16.1 Å². The van der Waals surface area contributed by atoms with Gasteiger partial charge in [0, 0.05) is 39.0 Å². The highest BCUT2D eigenvalue weighted by atomic mass is 32.2. The van der Waals surface area contributed by atoms with Crippen LogP contribution >= 0.6 is 11.8 Å². The fourth-order valence-corrected chi connectivity index (χ4v) is 3.62. The molecule has 7 heteroatoms. The van der Waals surface area contributed by atoms with Gasteiger partial charge >= 0.3 is 0 Å². The fraction of sp³-hybridized carbons (Fsp3) is 0.706. The van der Waals surface area contributed by atoms with Gasteiger partial charge in [-0.25, -0.2) is 0 Å². The molecule has 1 saturated heterocycles.